The minimum absolute atomic E-state index is 0.936. The van der Waals surface area contributed by atoms with Crippen LogP contribution in [0, 0.1) is 0 Å². The molecular weight excluding hydrogens is 220 g/mol. The molecule has 1 aromatic heterocycles. The molecule has 0 bridgehead atoms. The van der Waals surface area contributed by atoms with Gasteiger partial charge in [0.2, 0.25) is 0 Å². The highest BCUT2D eigenvalue weighted by Crippen LogP contribution is 2.14. The normalized spacial score (nSPS) is 11.2. The van der Waals surface area contributed by atoms with Crippen LogP contribution in [-0.2, 0) is 6.42 Å². The van der Waals surface area contributed by atoms with Gasteiger partial charge >= 0.3 is 0 Å². The molecule has 0 aliphatic rings. The number of aryl methyl sites for hydroxylation is 1. The van der Waals surface area contributed by atoms with E-state index in [0.717, 1.165) is 17.9 Å². The summed E-state index contributed by atoms with van der Waals surface area (Å²) >= 11 is 0. The summed E-state index contributed by atoms with van der Waals surface area (Å²) in [6.07, 6.45) is 8.89. The highest BCUT2D eigenvalue weighted by Gasteiger charge is 1.98. The first-order valence-electron chi connectivity index (χ1n) is 6.70. The Labute approximate surface area is 109 Å². The van der Waals surface area contributed by atoms with Gasteiger partial charge in [0.25, 0.3) is 0 Å². The summed E-state index contributed by atoms with van der Waals surface area (Å²) < 4.78 is 5.77. The van der Waals surface area contributed by atoms with E-state index in [0.29, 0.717) is 0 Å². The molecule has 0 unspecified atom stereocenters. The SMILES string of the molecule is CCCCCc1ccc(/C=C/c2ccccc2)o1. The van der Waals surface area contributed by atoms with Crippen LogP contribution < -0.4 is 0 Å². The maximum Gasteiger partial charge on any atom is 0.127 e. The number of rotatable bonds is 6. The lowest BCUT2D eigenvalue weighted by Crippen LogP contribution is -1.80. The quantitative estimate of drug-likeness (QED) is 0.634. The molecule has 0 saturated heterocycles. The Bertz CT molecular complexity index is 479. The Hall–Kier alpha value is -1.76. The van der Waals surface area contributed by atoms with E-state index in [1.165, 1.54) is 24.8 Å². The van der Waals surface area contributed by atoms with Crippen molar-refractivity contribution < 1.29 is 4.42 Å². The smallest absolute Gasteiger partial charge is 0.127 e. The Morgan fingerprint density at radius 2 is 1.78 bits per heavy atom. The van der Waals surface area contributed by atoms with Gasteiger partial charge in [-0.2, -0.15) is 0 Å². The molecule has 0 amide bonds. The van der Waals surface area contributed by atoms with E-state index in [1.54, 1.807) is 0 Å². The van der Waals surface area contributed by atoms with Crippen molar-refractivity contribution in [2.75, 3.05) is 0 Å². The van der Waals surface area contributed by atoms with Gasteiger partial charge in [0, 0.05) is 6.42 Å². The van der Waals surface area contributed by atoms with Gasteiger partial charge in [-0.15, -0.1) is 0 Å². The zero-order chi connectivity index (χ0) is 12.6. The molecule has 0 spiro atoms. The number of hydrogen-bond donors (Lipinski definition) is 0. The van der Waals surface area contributed by atoms with Crippen LogP contribution in [0.3, 0.4) is 0 Å². The number of hydrogen-bond acceptors (Lipinski definition) is 1. The Balaban J connectivity index is 1.92. The molecule has 18 heavy (non-hydrogen) atoms. The van der Waals surface area contributed by atoms with Gasteiger partial charge in [-0.25, -0.2) is 0 Å². The second kappa shape index (κ2) is 6.85. The molecule has 0 atom stereocenters. The molecular formula is C17H20O. The van der Waals surface area contributed by atoms with Crippen LogP contribution in [0.2, 0.25) is 0 Å². The molecule has 2 aromatic rings. The van der Waals surface area contributed by atoms with E-state index in [4.69, 9.17) is 4.42 Å². The molecule has 0 fully saturated rings. The monoisotopic (exact) mass is 240 g/mol. The van der Waals surface area contributed by atoms with Crippen molar-refractivity contribution in [3.63, 3.8) is 0 Å². The predicted octanol–water partition coefficient (Wildman–Crippen LogP) is 5.18. The molecule has 0 radical (unpaired) electrons. The zero-order valence-electron chi connectivity index (χ0n) is 10.9. The van der Waals surface area contributed by atoms with E-state index in [-0.39, 0.29) is 0 Å². The Morgan fingerprint density at radius 1 is 0.944 bits per heavy atom. The molecule has 1 aromatic carbocycles. The second-order valence-electron chi connectivity index (χ2n) is 4.51. The number of unbranched alkanes of at least 4 members (excludes halogenated alkanes) is 2. The molecule has 0 aliphatic heterocycles. The fourth-order valence-corrected chi connectivity index (χ4v) is 1.91. The number of furan rings is 1. The van der Waals surface area contributed by atoms with Gasteiger partial charge in [0.1, 0.15) is 11.5 Å². The second-order valence-corrected chi connectivity index (χ2v) is 4.51. The Kier molecular flexibility index (Phi) is 4.83. The molecule has 0 aliphatic carbocycles. The fourth-order valence-electron chi connectivity index (χ4n) is 1.91. The van der Waals surface area contributed by atoms with Crippen molar-refractivity contribution in [1.29, 1.82) is 0 Å². The van der Waals surface area contributed by atoms with Crippen molar-refractivity contribution in [1.82, 2.24) is 0 Å². The standard InChI is InChI=1S/C17H20O/c1-2-3-5-10-16-13-14-17(18-16)12-11-15-8-6-4-7-9-15/h4,6-9,11-14H,2-3,5,10H2,1H3/b12-11+. The first kappa shape index (κ1) is 12.7. The van der Waals surface area contributed by atoms with Gasteiger partial charge in [0.05, 0.1) is 0 Å². The third-order valence-electron chi connectivity index (χ3n) is 2.95. The van der Waals surface area contributed by atoms with E-state index < -0.39 is 0 Å². The van der Waals surface area contributed by atoms with Crippen LogP contribution >= 0.6 is 0 Å². The first-order chi connectivity index (χ1) is 8.88. The molecule has 0 saturated carbocycles. The third kappa shape index (κ3) is 3.92. The lowest BCUT2D eigenvalue weighted by molar-refractivity contribution is 0.490. The van der Waals surface area contributed by atoms with Gasteiger partial charge in [-0.05, 0) is 30.2 Å². The summed E-state index contributed by atoms with van der Waals surface area (Å²) in [5.41, 5.74) is 1.20. The lowest BCUT2D eigenvalue weighted by atomic mass is 10.2. The minimum atomic E-state index is 0.936. The highest BCUT2D eigenvalue weighted by molar-refractivity contribution is 5.67. The van der Waals surface area contributed by atoms with E-state index in [1.807, 2.05) is 30.3 Å². The van der Waals surface area contributed by atoms with Crippen molar-refractivity contribution in [3.8, 4) is 0 Å². The van der Waals surface area contributed by atoms with E-state index in [9.17, 15) is 0 Å². The van der Waals surface area contributed by atoms with Crippen molar-refractivity contribution in [3.05, 3.63) is 59.5 Å². The third-order valence-corrected chi connectivity index (χ3v) is 2.95. The van der Waals surface area contributed by atoms with Crippen LogP contribution in [-0.4, -0.2) is 0 Å². The summed E-state index contributed by atoms with van der Waals surface area (Å²) in [5.74, 6) is 2.03. The largest absolute Gasteiger partial charge is 0.462 e. The van der Waals surface area contributed by atoms with Crippen molar-refractivity contribution in [2.24, 2.45) is 0 Å². The number of benzene rings is 1. The maximum atomic E-state index is 5.77. The van der Waals surface area contributed by atoms with E-state index in [2.05, 4.69) is 31.2 Å². The van der Waals surface area contributed by atoms with Crippen LogP contribution in [0.15, 0.2) is 46.9 Å². The highest BCUT2D eigenvalue weighted by atomic mass is 16.3. The summed E-state index contributed by atoms with van der Waals surface area (Å²) in [5, 5.41) is 0. The minimum Gasteiger partial charge on any atom is -0.462 e. The van der Waals surface area contributed by atoms with E-state index >= 15 is 0 Å². The summed E-state index contributed by atoms with van der Waals surface area (Å²) in [6.45, 7) is 2.22. The van der Waals surface area contributed by atoms with Crippen molar-refractivity contribution >= 4 is 12.2 Å². The molecule has 1 heterocycles. The summed E-state index contributed by atoms with van der Waals surface area (Å²) in [6, 6.07) is 14.4. The topological polar surface area (TPSA) is 13.1 Å². The van der Waals surface area contributed by atoms with Crippen LogP contribution in [0.4, 0.5) is 0 Å². The predicted molar refractivity (Wildman–Crippen MR) is 77.3 cm³/mol. The molecule has 0 N–H and O–H groups in total. The molecule has 94 valence electrons. The molecule has 1 nitrogen and oxygen atoms in total. The van der Waals surface area contributed by atoms with Gasteiger partial charge in [-0.3, -0.25) is 0 Å². The molecule has 1 heteroatoms. The average Bonchev–Trinajstić information content (AvgIpc) is 2.86. The Morgan fingerprint density at radius 3 is 2.56 bits per heavy atom. The summed E-state index contributed by atoms with van der Waals surface area (Å²) in [7, 11) is 0. The fraction of sp³-hybridized carbons (Fsp3) is 0.294. The maximum absolute atomic E-state index is 5.77. The lowest BCUT2D eigenvalue weighted by Gasteiger charge is -1.95. The van der Waals surface area contributed by atoms with Gasteiger partial charge in [-0.1, -0.05) is 56.2 Å². The van der Waals surface area contributed by atoms with Crippen LogP contribution in [0.25, 0.3) is 12.2 Å². The van der Waals surface area contributed by atoms with Crippen LogP contribution in [0.1, 0.15) is 43.3 Å². The first-order valence-corrected chi connectivity index (χ1v) is 6.70. The van der Waals surface area contributed by atoms with Crippen LogP contribution in [0.5, 0.6) is 0 Å². The van der Waals surface area contributed by atoms with Gasteiger partial charge in [0.15, 0.2) is 0 Å². The average molecular weight is 240 g/mol. The zero-order valence-corrected chi connectivity index (χ0v) is 10.9. The van der Waals surface area contributed by atoms with Crippen molar-refractivity contribution in [2.45, 2.75) is 32.6 Å². The summed E-state index contributed by atoms with van der Waals surface area (Å²) in [4.78, 5) is 0. The molecule has 2 rings (SSSR count). The van der Waals surface area contributed by atoms with Gasteiger partial charge < -0.3 is 4.42 Å².